The Hall–Kier alpha value is -0.880. The number of ketones is 1. The highest BCUT2D eigenvalue weighted by atomic mass is 127. The van der Waals surface area contributed by atoms with Gasteiger partial charge >= 0.3 is 5.97 Å². The predicted molar refractivity (Wildman–Crippen MR) is 76.5 cm³/mol. The van der Waals surface area contributed by atoms with Gasteiger partial charge in [-0.25, -0.2) is 4.79 Å². The smallest absolute Gasteiger partial charge is 0.344 e. The molecule has 1 aliphatic rings. The molecule has 0 fully saturated rings. The average molecular weight is 377 g/mol. The number of rotatable bonds is 2. The van der Waals surface area contributed by atoms with Crippen molar-refractivity contribution in [1.82, 2.24) is 0 Å². The minimum absolute atomic E-state index is 0.00208. The summed E-state index contributed by atoms with van der Waals surface area (Å²) in [6, 6.07) is 5.10. The van der Waals surface area contributed by atoms with Gasteiger partial charge in [0.25, 0.3) is 0 Å². The molecule has 0 saturated carbocycles. The van der Waals surface area contributed by atoms with E-state index in [4.69, 9.17) is 16.3 Å². The molecule has 0 aliphatic heterocycles. The van der Waals surface area contributed by atoms with Crippen LogP contribution in [-0.2, 0) is 9.53 Å². The third kappa shape index (κ3) is 3.32. The van der Waals surface area contributed by atoms with E-state index in [0.717, 1.165) is 9.99 Å². The van der Waals surface area contributed by atoms with Gasteiger partial charge in [-0.3, -0.25) is 4.79 Å². The lowest BCUT2D eigenvalue weighted by Crippen LogP contribution is -2.10. The maximum atomic E-state index is 11.9. The molecule has 0 heterocycles. The summed E-state index contributed by atoms with van der Waals surface area (Å²) >= 11 is 8.09. The minimum atomic E-state index is -0.516. The van der Waals surface area contributed by atoms with Gasteiger partial charge in [0.15, 0.2) is 5.78 Å². The van der Waals surface area contributed by atoms with Gasteiger partial charge in [-0.1, -0.05) is 11.6 Å². The van der Waals surface area contributed by atoms with Crippen molar-refractivity contribution < 1.29 is 14.3 Å². The summed E-state index contributed by atoms with van der Waals surface area (Å²) < 4.78 is 6.13. The molecule has 0 atom stereocenters. The van der Waals surface area contributed by atoms with E-state index in [2.05, 4.69) is 22.6 Å². The summed E-state index contributed by atoms with van der Waals surface area (Å²) in [6.07, 6.45) is 3.24. The molecule has 3 nitrogen and oxygen atoms in total. The number of allylic oxidation sites excluding steroid dienone is 2. The maximum absolute atomic E-state index is 11.9. The van der Waals surface area contributed by atoms with Crippen LogP contribution in [0.1, 0.15) is 29.6 Å². The first-order chi connectivity index (χ1) is 8.56. The predicted octanol–water partition coefficient (Wildman–Crippen LogP) is 3.74. The number of benzene rings is 1. The zero-order valence-corrected chi connectivity index (χ0v) is 12.3. The fourth-order valence-corrected chi connectivity index (χ4v) is 2.60. The molecule has 18 heavy (non-hydrogen) atoms. The number of halogens is 2. The summed E-state index contributed by atoms with van der Waals surface area (Å²) in [6.45, 7) is 0. The van der Waals surface area contributed by atoms with Crippen LogP contribution in [0.25, 0.3) is 0 Å². The highest BCUT2D eigenvalue weighted by Crippen LogP contribution is 2.23. The standard InChI is InChI=1S/C13H10ClIO3/c14-12-6-8(15)4-5-11(12)13(17)18-10-3-1-2-9(16)7-10/h4-7H,1-3H2. The fourth-order valence-electron chi connectivity index (χ4n) is 1.67. The van der Waals surface area contributed by atoms with Crippen LogP contribution < -0.4 is 0 Å². The zero-order valence-electron chi connectivity index (χ0n) is 9.41. The summed E-state index contributed by atoms with van der Waals surface area (Å²) in [5.41, 5.74) is 0.316. The Morgan fingerprint density at radius 2 is 2.11 bits per heavy atom. The van der Waals surface area contributed by atoms with Gasteiger partial charge in [0.1, 0.15) is 5.76 Å². The summed E-state index contributed by atoms with van der Waals surface area (Å²) in [7, 11) is 0. The Bertz CT molecular complexity index is 537. The monoisotopic (exact) mass is 376 g/mol. The Labute approximate surface area is 123 Å². The number of esters is 1. The van der Waals surface area contributed by atoms with Gasteiger partial charge in [0.05, 0.1) is 10.6 Å². The van der Waals surface area contributed by atoms with Crippen molar-refractivity contribution in [3.8, 4) is 0 Å². The molecule has 1 aromatic rings. The van der Waals surface area contributed by atoms with Gasteiger partial charge in [0, 0.05) is 22.5 Å². The molecule has 0 N–H and O–H groups in total. The first-order valence-electron chi connectivity index (χ1n) is 5.47. The number of ether oxygens (including phenoxy) is 1. The number of carbonyl (C=O) groups is 2. The average Bonchev–Trinajstić information content (AvgIpc) is 2.28. The first-order valence-corrected chi connectivity index (χ1v) is 6.92. The second kappa shape index (κ2) is 5.84. The quantitative estimate of drug-likeness (QED) is 0.583. The normalized spacial score (nSPS) is 15.2. The molecule has 0 radical (unpaired) electrons. The summed E-state index contributed by atoms with van der Waals surface area (Å²) in [5.74, 6) is -0.0963. The van der Waals surface area contributed by atoms with Crippen molar-refractivity contribution in [3.63, 3.8) is 0 Å². The third-order valence-electron chi connectivity index (χ3n) is 2.54. The summed E-state index contributed by atoms with van der Waals surface area (Å²) in [5, 5.41) is 0.356. The molecular formula is C13H10ClIO3. The maximum Gasteiger partial charge on any atom is 0.344 e. The lowest BCUT2D eigenvalue weighted by molar-refractivity contribution is -0.115. The van der Waals surface area contributed by atoms with Crippen molar-refractivity contribution in [1.29, 1.82) is 0 Å². The number of hydrogen-bond donors (Lipinski definition) is 0. The lowest BCUT2D eigenvalue weighted by Gasteiger charge is -2.12. The van der Waals surface area contributed by atoms with E-state index in [0.29, 0.717) is 29.2 Å². The third-order valence-corrected chi connectivity index (χ3v) is 3.53. The largest absolute Gasteiger partial charge is 0.427 e. The van der Waals surface area contributed by atoms with Crippen LogP contribution in [0.5, 0.6) is 0 Å². The molecule has 2 rings (SSSR count). The van der Waals surface area contributed by atoms with Crippen molar-refractivity contribution in [2.24, 2.45) is 0 Å². The molecular weight excluding hydrogens is 366 g/mol. The van der Waals surface area contributed by atoms with E-state index in [9.17, 15) is 9.59 Å². The second-order valence-electron chi connectivity index (χ2n) is 3.94. The molecule has 0 aromatic heterocycles. The second-order valence-corrected chi connectivity index (χ2v) is 5.60. The van der Waals surface area contributed by atoms with Gasteiger partial charge in [-0.05, 0) is 47.2 Å². The van der Waals surface area contributed by atoms with E-state index in [1.807, 2.05) is 0 Å². The molecule has 0 saturated heterocycles. The Morgan fingerprint density at radius 1 is 1.33 bits per heavy atom. The summed E-state index contributed by atoms with van der Waals surface area (Å²) in [4.78, 5) is 23.1. The van der Waals surface area contributed by atoms with Gasteiger partial charge < -0.3 is 4.74 Å². The Kier molecular flexibility index (Phi) is 4.40. The Balaban J connectivity index is 2.15. The number of hydrogen-bond acceptors (Lipinski definition) is 3. The molecule has 94 valence electrons. The Morgan fingerprint density at radius 3 is 2.78 bits per heavy atom. The van der Waals surface area contributed by atoms with Crippen LogP contribution >= 0.6 is 34.2 Å². The molecule has 1 aliphatic carbocycles. The lowest BCUT2D eigenvalue weighted by atomic mass is 10.1. The molecule has 1 aromatic carbocycles. The number of carbonyl (C=O) groups excluding carboxylic acids is 2. The van der Waals surface area contributed by atoms with Gasteiger partial charge in [-0.15, -0.1) is 0 Å². The topological polar surface area (TPSA) is 43.4 Å². The van der Waals surface area contributed by atoms with Gasteiger partial charge in [0.2, 0.25) is 0 Å². The van der Waals surface area contributed by atoms with Crippen LogP contribution in [0.15, 0.2) is 30.0 Å². The van der Waals surface area contributed by atoms with Gasteiger partial charge in [-0.2, -0.15) is 0 Å². The van der Waals surface area contributed by atoms with E-state index in [1.54, 1.807) is 18.2 Å². The van der Waals surface area contributed by atoms with E-state index >= 15 is 0 Å². The molecule has 0 spiro atoms. The highest BCUT2D eigenvalue weighted by Gasteiger charge is 2.17. The van der Waals surface area contributed by atoms with Crippen LogP contribution in [0, 0.1) is 3.57 Å². The van der Waals surface area contributed by atoms with E-state index in [-0.39, 0.29) is 5.78 Å². The molecule has 0 bridgehead atoms. The van der Waals surface area contributed by atoms with E-state index < -0.39 is 5.97 Å². The first kappa shape index (κ1) is 13.5. The zero-order chi connectivity index (χ0) is 13.1. The van der Waals surface area contributed by atoms with Crippen LogP contribution in [0.3, 0.4) is 0 Å². The highest BCUT2D eigenvalue weighted by molar-refractivity contribution is 14.1. The minimum Gasteiger partial charge on any atom is -0.427 e. The van der Waals surface area contributed by atoms with Crippen LogP contribution in [0.4, 0.5) is 0 Å². The van der Waals surface area contributed by atoms with Crippen LogP contribution in [0.2, 0.25) is 5.02 Å². The van der Waals surface area contributed by atoms with Crippen LogP contribution in [-0.4, -0.2) is 11.8 Å². The molecule has 5 heteroatoms. The van der Waals surface area contributed by atoms with E-state index in [1.165, 1.54) is 6.08 Å². The van der Waals surface area contributed by atoms with Crippen molar-refractivity contribution in [2.45, 2.75) is 19.3 Å². The molecule has 0 unspecified atom stereocenters. The van der Waals surface area contributed by atoms with Crippen molar-refractivity contribution >= 4 is 45.9 Å². The van der Waals surface area contributed by atoms with Crippen molar-refractivity contribution in [2.75, 3.05) is 0 Å². The fraction of sp³-hybridized carbons (Fsp3) is 0.231. The SMILES string of the molecule is O=C1C=C(OC(=O)c2ccc(I)cc2Cl)CCC1. The molecule has 0 amide bonds. The van der Waals surface area contributed by atoms with Crippen molar-refractivity contribution in [3.05, 3.63) is 44.2 Å².